The predicted molar refractivity (Wildman–Crippen MR) is 87.9 cm³/mol. The molecule has 0 atom stereocenters. The van der Waals surface area contributed by atoms with Crippen molar-refractivity contribution < 1.29 is 8.78 Å². The number of benzene rings is 2. The van der Waals surface area contributed by atoms with Crippen molar-refractivity contribution in [1.82, 2.24) is 0 Å². The van der Waals surface area contributed by atoms with E-state index in [-0.39, 0.29) is 5.69 Å². The van der Waals surface area contributed by atoms with Gasteiger partial charge < -0.3 is 0 Å². The molecule has 2 aromatic carbocycles. The Morgan fingerprint density at radius 3 is 2.35 bits per heavy atom. The summed E-state index contributed by atoms with van der Waals surface area (Å²) < 4.78 is 27.0. The Balaban J connectivity index is 2.08. The molecule has 0 aliphatic rings. The van der Waals surface area contributed by atoms with Gasteiger partial charge >= 0.3 is 0 Å². The topological polar surface area (TPSA) is 36.1 Å². The smallest absolute Gasteiger partial charge is 0.146 e. The van der Waals surface area contributed by atoms with Crippen molar-refractivity contribution in [3.63, 3.8) is 0 Å². The molecule has 0 aromatic heterocycles. The third-order valence-electron chi connectivity index (χ3n) is 3.35. The van der Waals surface area contributed by atoms with E-state index in [1.54, 1.807) is 0 Å². The molecule has 0 aliphatic carbocycles. The van der Waals surface area contributed by atoms with Crippen LogP contribution in [-0.4, -0.2) is 6.21 Å². The molecule has 23 heavy (non-hydrogen) atoms. The number of nitrogens with zero attached hydrogens (tertiary/aromatic N) is 2. The van der Waals surface area contributed by atoms with Crippen LogP contribution < -0.4 is 0 Å². The highest BCUT2D eigenvalue weighted by Crippen LogP contribution is 2.20. The fourth-order valence-electron chi connectivity index (χ4n) is 2.11. The van der Waals surface area contributed by atoms with Gasteiger partial charge in [0.1, 0.15) is 23.3 Å². The van der Waals surface area contributed by atoms with Gasteiger partial charge in [-0.2, -0.15) is 5.26 Å². The number of allylic oxidation sites excluding steroid dienone is 1. The Morgan fingerprint density at radius 2 is 1.78 bits per heavy atom. The summed E-state index contributed by atoms with van der Waals surface area (Å²) in [5, 5.41) is 8.63. The quantitative estimate of drug-likeness (QED) is 0.415. The number of aryl methyl sites for hydroxylation is 1. The first-order chi connectivity index (χ1) is 11.1. The zero-order valence-electron chi connectivity index (χ0n) is 12.6. The van der Waals surface area contributed by atoms with Crippen molar-refractivity contribution in [1.29, 1.82) is 5.26 Å². The average molecular weight is 310 g/mol. The van der Waals surface area contributed by atoms with Crippen LogP contribution in [0.3, 0.4) is 0 Å². The summed E-state index contributed by atoms with van der Waals surface area (Å²) in [4.78, 5) is 4.05. The molecule has 0 amide bonds. The second-order valence-corrected chi connectivity index (χ2v) is 5.08. The third kappa shape index (κ3) is 4.58. The highest BCUT2D eigenvalue weighted by Gasteiger charge is 2.09. The molecule has 4 heteroatoms. The number of hydrogen-bond acceptors (Lipinski definition) is 2. The van der Waals surface area contributed by atoms with Gasteiger partial charge in [-0.1, -0.05) is 30.3 Å². The standard InChI is InChI=1S/C19H16F2N2/c1-2-3-4-5-14-6-8-15(9-7-14)13-23-16-10-18(20)17(12-22)19(21)11-16/h2,6-11,13H,1,3-5H2. The van der Waals surface area contributed by atoms with Crippen molar-refractivity contribution in [2.24, 2.45) is 4.99 Å². The lowest BCUT2D eigenvalue weighted by Gasteiger charge is -2.01. The van der Waals surface area contributed by atoms with Crippen LogP contribution in [0.2, 0.25) is 0 Å². The maximum absolute atomic E-state index is 13.5. The SMILES string of the molecule is C=CCCCc1ccc(C=Nc2cc(F)c(C#N)c(F)c2)cc1. The maximum atomic E-state index is 13.5. The average Bonchev–Trinajstić information content (AvgIpc) is 2.54. The van der Waals surface area contributed by atoms with E-state index in [1.807, 2.05) is 30.3 Å². The molecule has 0 spiro atoms. The highest BCUT2D eigenvalue weighted by atomic mass is 19.1. The van der Waals surface area contributed by atoms with E-state index in [2.05, 4.69) is 11.6 Å². The third-order valence-corrected chi connectivity index (χ3v) is 3.35. The molecule has 0 N–H and O–H groups in total. The first-order valence-electron chi connectivity index (χ1n) is 7.27. The predicted octanol–water partition coefficient (Wildman–Crippen LogP) is 5.10. The molecule has 0 saturated heterocycles. The molecule has 2 nitrogen and oxygen atoms in total. The molecule has 0 aliphatic heterocycles. The molecule has 0 saturated carbocycles. The van der Waals surface area contributed by atoms with Crippen LogP contribution in [0.1, 0.15) is 29.5 Å². The number of hydrogen-bond donors (Lipinski definition) is 0. The summed E-state index contributed by atoms with van der Waals surface area (Å²) in [7, 11) is 0. The molecular weight excluding hydrogens is 294 g/mol. The molecule has 0 fully saturated rings. The van der Waals surface area contributed by atoms with Gasteiger partial charge in [0.2, 0.25) is 0 Å². The Morgan fingerprint density at radius 1 is 1.13 bits per heavy atom. The van der Waals surface area contributed by atoms with Crippen LogP contribution in [0, 0.1) is 23.0 Å². The van der Waals surface area contributed by atoms with Gasteiger partial charge in [-0.15, -0.1) is 6.58 Å². The first kappa shape index (κ1) is 16.6. The van der Waals surface area contributed by atoms with Crippen LogP contribution in [0.4, 0.5) is 14.5 Å². The Bertz CT molecular complexity index is 733. The van der Waals surface area contributed by atoms with E-state index in [1.165, 1.54) is 17.8 Å². The molecule has 0 heterocycles. The van der Waals surface area contributed by atoms with Gasteiger partial charge in [0, 0.05) is 18.3 Å². The van der Waals surface area contributed by atoms with E-state index >= 15 is 0 Å². The molecule has 2 rings (SSSR count). The van der Waals surface area contributed by atoms with Crippen molar-refractivity contribution in [3.05, 3.63) is 77.4 Å². The second kappa shape index (κ2) is 8.00. The van der Waals surface area contributed by atoms with E-state index in [4.69, 9.17) is 5.26 Å². The van der Waals surface area contributed by atoms with Crippen LogP contribution >= 0.6 is 0 Å². The Labute approximate surface area is 134 Å². The minimum atomic E-state index is -0.905. The fraction of sp³-hybridized carbons (Fsp3) is 0.158. The summed E-state index contributed by atoms with van der Waals surface area (Å²) in [6.45, 7) is 3.69. The monoisotopic (exact) mass is 310 g/mol. The normalized spacial score (nSPS) is 10.7. The summed E-state index contributed by atoms with van der Waals surface area (Å²) in [6.07, 6.45) is 6.46. The van der Waals surface area contributed by atoms with E-state index in [0.717, 1.165) is 37.0 Å². The lowest BCUT2D eigenvalue weighted by Crippen LogP contribution is -1.90. The van der Waals surface area contributed by atoms with Gasteiger partial charge in [0.25, 0.3) is 0 Å². The molecule has 0 unspecified atom stereocenters. The lowest BCUT2D eigenvalue weighted by molar-refractivity contribution is 0.577. The maximum Gasteiger partial charge on any atom is 0.146 e. The minimum Gasteiger partial charge on any atom is -0.256 e. The summed E-state index contributed by atoms with van der Waals surface area (Å²) >= 11 is 0. The van der Waals surface area contributed by atoms with Crippen LogP contribution in [-0.2, 0) is 6.42 Å². The van der Waals surface area contributed by atoms with E-state index in [0.29, 0.717) is 0 Å². The number of unbranched alkanes of at least 4 members (excludes halogenated alkanes) is 1. The number of aliphatic imine (C=N–C) groups is 1. The van der Waals surface area contributed by atoms with Gasteiger partial charge in [0.05, 0.1) is 5.69 Å². The summed E-state index contributed by atoms with van der Waals surface area (Å²) in [5.74, 6) is -1.81. The second-order valence-electron chi connectivity index (χ2n) is 5.08. The zero-order valence-corrected chi connectivity index (χ0v) is 12.6. The van der Waals surface area contributed by atoms with Crippen LogP contribution in [0.25, 0.3) is 0 Å². The van der Waals surface area contributed by atoms with Crippen molar-refractivity contribution >= 4 is 11.9 Å². The minimum absolute atomic E-state index is 0.133. The van der Waals surface area contributed by atoms with Crippen molar-refractivity contribution in [2.45, 2.75) is 19.3 Å². The largest absolute Gasteiger partial charge is 0.256 e. The van der Waals surface area contributed by atoms with E-state index in [9.17, 15) is 8.78 Å². The van der Waals surface area contributed by atoms with Gasteiger partial charge in [-0.25, -0.2) is 8.78 Å². The first-order valence-corrected chi connectivity index (χ1v) is 7.27. The number of rotatable bonds is 6. The van der Waals surface area contributed by atoms with Crippen molar-refractivity contribution in [3.8, 4) is 6.07 Å². The summed E-state index contributed by atoms with van der Waals surface area (Å²) in [5.41, 5.74) is 1.60. The molecule has 0 radical (unpaired) electrons. The number of nitriles is 1. The van der Waals surface area contributed by atoms with Crippen molar-refractivity contribution in [2.75, 3.05) is 0 Å². The lowest BCUT2D eigenvalue weighted by atomic mass is 10.1. The van der Waals surface area contributed by atoms with E-state index < -0.39 is 17.2 Å². The fourth-order valence-corrected chi connectivity index (χ4v) is 2.11. The van der Waals surface area contributed by atoms with Gasteiger partial charge in [0.15, 0.2) is 0 Å². The molecule has 2 aromatic rings. The molecule has 0 bridgehead atoms. The number of halogens is 2. The summed E-state index contributed by atoms with van der Waals surface area (Å²) in [6, 6.07) is 11.4. The van der Waals surface area contributed by atoms with Crippen LogP contribution in [0.15, 0.2) is 54.0 Å². The Hall–Kier alpha value is -2.80. The highest BCUT2D eigenvalue weighted by molar-refractivity contribution is 5.82. The van der Waals surface area contributed by atoms with Gasteiger partial charge in [-0.3, -0.25) is 4.99 Å². The zero-order chi connectivity index (χ0) is 16.7. The molecule has 116 valence electrons. The molecular formula is C19H16F2N2. The Kier molecular flexibility index (Phi) is 5.76. The van der Waals surface area contributed by atoms with Crippen LogP contribution in [0.5, 0.6) is 0 Å². The van der Waals surface area contributed by atoms with Gasteiger partial charge in [-0.05, 0) is 30.4 Å².